The number of amides is 1. The summed E-state index contributed by atoms with van der Waals surface area (Å²) >= 11 is 0. The number of hydrogen-bond acceptors (Lipinski definition) is 3. The standard InChI is InChI=1S/C12H22N2O2/c1-14(8-10-4-2-3-7-16-10)11(15)12(9-13)5-6-12/h10H,2-9,13H2,1H3. The van der Waals surface area contributed by atoms with Gasteiger partial charge in [-0.05, 0) is 32.1 Å². The van der Waals surface area contributed by atoms with Crippen LogP contribution < -0.4 is 5.73 Å². The lowest BCUT2D eigenvalue weighted by atomic mass is 10.0. The third-order valence-corrected chi connectivity index (χ3v) is 3.80. The molecule has 0 spiro atoms. The van der Waals surface area contributed by atoms with Gasteiger partial charge < -0.3 is 15.4 Å². The third kappa shape index (κ3) is 2.38. The molecule has 2 fully saturated rings. The summed E-state index contributed by atoms with van der Waals surface area (Å²) in [5.74, 6) is 0.212. The van der Waals surface area contributed by atoms with Crippen LogP contribution in [0.2, 0.25) is 0 Å². The Hall–Kier alpha value is -0.610. The lowest BCUT2D eigenvalue weighted by Gasteiger charge is -2.29. The van der Waals surface area contributed by atoms with Gasteiger partial charge in [0.25, 0.3) is 0 Å². The number of carbonyl (C=O) groups excluding carboxylic acids is 1. The van der Waals surface area contributed by atoms with Crippen molar-refractivity contribution in [1.82, 2.24) is 4.90 Å². The molecular formula is C12H22N2O2. The van der Waals surface area contributed by atoms with Crippen molar-refractivity contribution in [3.63, 3.8) is 0 Å². The molecule has 1 aliphatic carbocycles. The van der Waals surface area contributed by atoms with Gasteiger partial charge in [0, 0.05) is 26.7 Å². The van der Waals surface area contributed by atoms with Crippen LogP contribution in [0, 0.1) is 5.41 Å². The maximum Gasteiger partial charge on any atom is 0.229 e. The molecule has 1 atom stereocenters. The van der Waals surface area contributed by atoms with E-state index in [9.17, 15) is 4.79 Å². The van der Waals surface area contributed by atoms with Crippen LogP contribution in [0.25, 0.3) is 0 Å². The van der Waals surface area contributed by atoms with E-state index in [2.05, 4.69) is 0 Å². The first-order chi connectivity index (χ1) is 7.68. The maximum absolute atomic E-state index is 12.1. The molecule has 0 aromatic carbocycles. The molecule has 4 nitrogen and oxygen atoms in total. The van der Waals surface area contributed by atoms with Gasteiger partial charge in [-0.2, -0.15) is 0 Å². The second kappa shape index (κ2) is 4.72. The SMILES string of the molecule is CN(CC1CCCCO1)C(=O)C1(CN)CC1. The number of carbonyl (C=O) groups is 1. The molecule has 92 valence electrons. The van der Waals surface area contributed by atoms with Crippen molar-refractivity contribution in [1.29, 1.82) is 0 Å². The van der Waals surface area contributed by atoms with Gasteiger partial charge in [-0.15, -0.1) is 0 Å². The largest absolute Gasteiger partial charge is 0.376 e. The molecule has 1 aliphatic heterocycles. The molecule has 4 heteroatoms. The molecule has 0 bridgehead atoms. The van der Waals surface area contributed by atoms with Crippen LogP contribution in [0.4, 0.5) is 0 Å². The first-order valence-corrected chi connectivity index (χ1v) is 6.25. The Morgan fingerprint density at radius 2 is 2.25 bits per heavy atom. The molecule has 1 saturated heterocycles. The van der Waals surface area contributed by atoms with E-state index in [0.29, 0.717) is 6.54 Å². The number of likely N-dealkylation sites (N-methyl/N-ethyl adjacent to an activating group) is 1. The van der Waals surface area contributed by atoms with Crippen LogP contribution in [-0.2, 0) is 9.53 Å². The minimum absolute atomic E-state index is 0.212. The van der Waals surface area contributed by atoms with Crippen LogP contribution in [-0.4, -0.2) is 43.7 Å². The number of nitrogens with zero attached hydrogens (tertiary/aromatic N) is 1. The normalized spacial score (nSPS) is 27.5. The van der Waals surface area contributed by atoms with Gasteiger partial charge >= 0.3 is 0 Å². The zero-order valence-electron chi connectivity index (χ0n) is 10.1. The predicted molar refractivity (Wildman–Crippen MR) is 61.9 cm³/mol. The summed E-state index contributed by atoms with van der Waals surface area (Å²) < 4.78 is 5.64. The lowest BCUT2D eigenvalue weighted by Crippen LogP contribution is -2.43. The highest BCUT2D eigenvalue weighted by atomic mass is 16.5. The van der Waals surface area contributed by atoms with E-state index in [1.165, 1.54) is 6.42 Å². The Morgan fingerprint density at radius 3 is 2.75 bits per heavy atom. The van der Waals surface area contributed by atoms with E-state index < -0.39 is 0 Å². The van der Waals surface area contributed by atoms with Crippen molar-refractivity contribution in [2.75, 3.05) is 26.7 Å². The topological polar surface area (TPSA) is 55.6 Å². The van der Waals surface area contributed by atoms with E-state index in [4.69, 9.17) is 10.5 Å². The van der Waals surface area contributed by atoms with Crippen molar-refractivity contribution in [3.8, 4) is 0 Å². The number of ether oxygens (including phenoxy) is 1. The summed E-state index contributed by atoms with van der Waals surface area (Å²) in [6, 6.07) is 0. The summed E-state index contributed by atoms with van der Waals surface area (Å²) in [6.07, 6.45) is 5.59. The third-order valence-electron chi connectivity index (χ3n) is 3.80. The highest BCUT2D eigenvalue weighted by Crippen LogP contribution is 2.45. The van der Waals surface area contributed by atoms with Gasteiger partial charge in [0.2, 0.25) is 5.91 Å². The zero-order valence-corrected chi connectivity index (χ0v) is 10.1. The lowest BCUT2D eigenvalue weighted by molar-refractivity contribution is -0.137. The first-order valence-electron chi connectivity index (χ1n) is 6.25. The van der Waals surface area contributed by atoms with Gasteiger partial charge in [-0.25, -0.2) is 0 Å². The Kier molecular flexibility index (Phi) is 3.50. The highest BCUT2D eigenvalue weighted by Gasteiger charge is 2.50. The van der Waals surface area contributed by atoms with E-state index in [0.717, 1.165) is 38.8 Å². The van der Waals surface area contributed by atoms with E-state index in [-0.39, 0.29) is 17.4 Å². The molecule has 2 rings (SSSR count). The summed E-state index contributed by atoms with van der Waals surface area (Å²) in [6.45, 7) is 2.05. The zero-order chi connectivity index (χ0) is 11.6. The smallest absolute Gasteiger partial charge is 0.229 e. The minimum atomic E-state index is -0.219. The average molecular weight is 226 g/mol. The minimum Gasteiger partial charge on any atom is -0.376 e. The summed E-state index contributed by atoms with van der Waals surface area (Å²) in [7, 11) is 1.87. The van der Waals surface area contributed by atoms with Crippen molar-refractivity contribution < 1.29 is 9.53 Å². The van der Waals surface area contributed by atoms with Crippen LogP contribution in [0.1, 0.15) is 32.1 Å². The van der Waals surface area contributed by atoms with Gasteiger partial charge in [0.15, 0.2) is 0 Å². The molecule has 1 unspecified atom stereocenters. The number of hydrogen-bond donors (Lipinski definition) is 1. The highest BCUT2D eigenvalue weighted by molar-refractivity contribution is 5.85. The monoisotopic (exact) mass is 226 g/mol. The summed E-state index contributed by atoms with van der Waals surface area (Å²) in [5, 5.41) is 0. The van der Waals surface area contributed by atoms with Crippen molar-refractivity contribution in [2.45, 2.75) is 38.2 Å². The van der Waals surface area contributed by atoms with Crippen LogP contribution >= 0.6 is 0 Å². The van der Waals surface area contributed by atoms with Crippen LogP contribution in [0.15, 0.2) is 0 Å². The molecular weight excluding hydrogens is 204 g/mol. The predicted octanol–water partition coefficient (Wildman–Crippen LogP) is 0.753. The fourth-order valence-corrected chi connectivity index (χ4v) is 2.40. The number of rotatable bonds is 4. The van der Waals surface area contributed by atoms with Crippen molar-refractivity contribution in [3.05, 3.63) is 0 Å². The van der Waals surface area contributed by atoms with E-state index in [1.54, 1.807) is 0 Å². The Labute approximate surface area is 97.1 Å². The molecule has 16 heavy (non-hydrogen) atoms. The second-order valence-corrected chi connectivity index (χ2v) is 5.16. The molecule has 0 aromatic heterocycles. The van der Waals surface area contributed by atoms with Gasteiger partial charge in [0.1, 0.15) is 0 Å². The maximum atomic E-state index is 12.1. The Bertz CT molecular complexity index is 258. The van der Waals surface area contributed by atoms with Gasteiger partial charge in [0.05, 0.1) is 11.5 Å². The molecule has 0 aromatic rings. The van der Waals surface area contributed by atoms with Gasteiger partial charge in [-0.3, -0.25) is 4.79 Å². The molecule has 0 radical (unpaired) electrons. The first kappa shape index (κ1) is 11.9. The Morgan fingerprint density at radius 1 is 1.50 bits per heavy atom. The average Bonchev–Trinajstić information content (AvgIpc) is 3.10. The fourth-order valence-electron chi connectivity index (χ4n) is 2.40. The van der Waals surface area contributed by atoms with Crippen molar-refractivity contribution in [2.24, 2.45) is 11.1 Å². The van der Waals surface area contributed by atoms with Crippen molar-refractivity contribution >= 4 is 5.91 Å². The molecule has 1 saturated carbocycles. The van der Waals surface area contributed by atoms with E-state index >= 15 is 0 Å². The van der Waals surface area contributed by atoms with Crippen LogP contribution in [0.3, 0.4) is 0 Å². The van der Waals surface area contributed by atoms with Crippen LogP contribution in [0.5, 0.6) is 0 Å². The summed E-state index contributed by atoms with van der Waals surface area (Å²) in [4.78, 5) is 13.9. The number of nitrogens with two attached hydrogens (primary N) is 1. The molecule has 2 aliphatic rings. The van der Waals surface area contributed by atoms with E-state index in [1.807, 2.05) is 11.9 Å². The molecule has 1 heterocycles. The quantitative estimate of drug-likeness (QED) is 0.769. The fraction of sp³-hybridized carbons (Fsp3) is 0.917. The summed E-state index contributed by atoms with van der Waals surface area (Å²) in [5.41, 5.74) is 5.44. The molecule has 1 amide bonds. The van der Waals surface area contributed by atoms with Gasteiger partial charge in [-0.1, -0.05) is 0 Å². The Balaban J connectivity index is 1.82. The molecule has 2 N–H and O–H groups in total. The second-order valence-electron chi connectivity index (χ2n) is 5.16.